The number of hydrogen-bond acceptors (Lipinski definition) is 5. The van der Waals surface area contributed by atoms with Crippen LogP contribution < -0.4 is 0 Å². The molecule has 0 spiro atoms. The summed E-state index contributed by atoms with van der Waals surface area (Å²) in [7, 11) is 0. The van der Waals surface area contributed by atoms with Gasteiger partial charge >= 0.3 is 0 Å². The molecule has 0 amide bonds. The van der Waals surface area contributed by atoms with Crippen molar-refractivity contribution in [2.75, 3.05) is 33.0 Å². The molecule has 0 aliphatic carbocycles. The van der Waals surface area contributed by atoms with Gasteiger partial charge in [-0.05, 0) is 0 Å². The molecule has 0 radical (unpaired) electrons. The molecule has 0 saturated heterocycles. The summed E-state index contributed by atoms with van der Waals surface area (Å²) >= 11 is 0. The van der Waals surface area contributed by atoms with Gasteiger partial charge in [0.2, 0.25) is 0 Å². The molecule has 0 aromatic heterocycles. The van der Waals surface area contributed by atoms with Crippen LogP contribution in [0, 0.1) is 0 Å². The monoisotopic (exact) mass is 166 g/mol. The molecule has 5 nitrogen and oxygen atoms in total. The van der Waals surface area contributed by atoms with Gasteiger partial charge in [0.15, 0.2) is 0 Å². The number of hydrogen-bond donors (Lipinski definition) is 4. The maximum Gasteiger partial charge on any atom is 0.134 e. The van der Waals surface area contributed by atoms with Crippen LogP contribution in [-0.2, 0) is 4.74 Å². The van der Waals surface area contributed by atoms with E-state index in [-0.39, 0.29) is 19.8 Å². The summed E-state index contributed by atoms with van der Waals surface area (Å²) < 4.78 is 4.71. The van der Waals surface area contributed by atoms with E-state index < -0.39 is 18.8 Å². The van der Waals surface area contributed by atoms with Crippen molar-refractivity contribution in [3.8, 4) is 0 Å². The summed E-state index contributed by atoms with van der Waals surface area (Å²) in [6, 6.07) is 0. The minimum Gasteiger partial charge on any atom is -0.394 e. The average Bonchev–Trinajstić information content (AvgIpc) is 2.05. The van der Waals surface area contributed by atoms with Crippen LogP contribution in [0.15, 0.2) is 0 Å². The lowest BCUT2D eigenvalue weighted by molar-refractivity contribution is -0.107. The van der Waals surface area contributed by atoms with Crippen LogP contribution in [0.3, 0.4) is 0 Å². The Labute approximate surface area is 64.9 Å². The fraction of sp³-hybridized carbons (Fsp3) is 1.00. The SMILES string of the molecule is OCCOCC(O)(CO)CO. The van der Waals surface area contributed by atoms with Gasteiger partial charge in [0.1, 0.15) is 5.60 Å². The summed E-state index contributed by atoms with van der Waals surface area (Å²) in [4.78, 5) is 0. The molecule has 0 saturated carbocycles. The Balaban J connectivity index is 3.51. The highest BCUT2D eigenvalue weighted by Gasteiger charge is 2.24. The van der Waals surface area contributed by atoms with Gasteiger partial charge in [0.05, 0.1) is 33.0 Å². The maximum absolute atomic E-state index is 9.15. The minimum atomic E-state index is -1.59. The Hall–Kier alpha value is -0.200. The Morgan fingerprint density at radius 1 is 1.09 bits per heavy atom. The molecule has 0 atom stereocenters. The first kappa shape index (κ1) is 10.8. The number of aliphatic hydroxyl groups is 4. The van der Waals surface area contributed by atoms with Crippen LogP contribution in [0.5, 0.6) is 0 Å². The average molecular weight is 166 g/mol. The van der Waals surface area contributed by atoms with Crippen molar-refractivity contribution in [3.63, 3.8) is 0 Å². The van der Waals surface area contributed by atoms with Crippen LogP contribution in [0.4, 0.5) is 0 Å². The zero-order valence-corrected chi connectivity index (χ0v) is 6.23. The first-order valence-corrected chi connectivity index (χ1v) is 3.31. The molecule has 68 valence electrons. The van der Waals surface area contributed by atoms with E-state index >= 15 is 0 Å². The molecular weight excluding hydrogens is 152 g/mol. The largest absolute Gasteiger partial charge is 0.394 e. The van der Waals surface area contributed by atoms with E-state index in [0.717, 1.165) is 0 Å². The lowest BCUT2D eigenvalue weighted by atomic mass is 10.1. The van der Waals surface area contributed by atoms with Gasteiger partial charge < -0.3 is 25.2 Å². The molecular formula is C6H14O5. The normalized spacial score (nSPS) is 12.0. The van der Waals surface area contributed by atoms with Crippen molar-refractivity contribution >= 4 is 0 Å². The van der Waals surface area contributed by atoms with Gasteiger partial charge in [0.25, 0.3) is 0 Å². The predicted molar refractivity (Wildman–Crippen MR) is 37.0 cm³/mol. The van der Waals surface area contributed by atoms with Crippen molar-refractivity contribution in [2.24, 2.45) is 0 Å². The van der Waals surface area contributed by atoms with Gasteiger partial charge in [0, 0.05) is 0 Å². The van der Waals surface area contributed by atoms with E-state index in [1.807, 2.05) is 0 Å². The molecule has 0 bridgehead atoms. The summed E-state index contributed by atoms with van der Waals surface area (Å²) in [6.45, 7) is -1.36. The Bertz CT molecular complexity index is 91.0. The zero-order valence-electron chi connectivity index (χ0n) is 6.23. The van der Waals surface area contributed by atoms with Gasteiger partial charge in [-0.1, -0.05) is 0 Å². The summed E-state index contributed by atoms with van der Waals surface area (Å²) in [5.41, 5.74) is -1.59. The van der Waals surface area contributed by atoms with Crippen LogP contribution in [0.2, 0.25) is 0 Å². The number of ether oxygens (including phenoxy) is 1. The fourth-order valence-electron chi connectivity index (χ4n) is 0.468. The third-order valence-electron chi connectivity index (χ3n) is 1.19. The first-order chi connectivity index (χ1) is 5.18. The van der Waals surface area contributed by atoms with Crippen LogP contribution >= 0.6 is 0 Å². The molecule has 0 rings (SSSR count). The van der Waals surface area contributed by atoms with Crippen molar-refractivity contribution in [2.45, 2.75) is 5.60 Å². The molecule has 0 aromatic rings. The van der Waals surface area contributed by atoms with Crippen molar-refractivity contribution < 1.29 is 25.2 Å². The van der Waals surface area contributed by atoms with E-state index in [1.165, 1.54) is 0 Å². The van der Waals surface area contributed by atoms with E-state index in [2.05, 4.69) is 0 Å². The van der Waals surface area contributed by atoms with Crippen molar-refractivity contribution in [3.05, 3.63) is 0 Å². The number of aliphatic hydroxyl groups excluding tert-OH is 3. The van der Waals surface area contributed by atoms with Crippen LogP contribution in [0.25, 0.3) is 0 Å². The van der Waals surface area contributed by atoms with Gasteiger partial charge in [-0.3, -0.25) is 0 Å². The highest BCUT2D eigenvalue weighted by atomic mass is 16.5. The smallest absolute Gasteiger partial charge is 0.134 e. The van der Waals surface area contributed by atoms with E-state index in [0.29, 0.717) is 0 Å². The third-order valence-corrected chi connectivity index (χ3v) is 1.19. The van der Waals surface area contributed by atoms with E-state index in [1.54, 1.807) is 0 Å². The maximum atomic E-state index is 9.15. The Kier molecular flexibility index (Phi) is 5.35. The topological polar surface area (TPSA) is 90.2 Å². The molecule has 4 N–H and O–H groups in total. The quantitative estimate of drug-likeness (QED) is 0.333. The molecule has 0 heterocycles. The molecule has 0 aliphatic heterocycles. The standard InChI is InChI=1S/C6H14O5/c7-1-2-11-5-6(10,3-8)4-9/h7-10H,1-5H2. The zero-order chi connectivity index (χ0) is 8.74. The predicted octanol–water partition coefficient (Wildman–Crippen LogP) is -2.29. The van der Waals surface area contributed by atoms with E-state index in [4.69, 9.17) is 25.2 Å². The van der Waals surface area contributed by atoms with Crippen LogP contribution in [-0.4, -0.2) is 59.1 Å². The molecule has 0 fully saturated rings. The first-order valence-electron chi connectivity index (χ1n) is 3.31. The lowest BCUT2D eigenvalue weighted by Gasteiger charge is -2.22. The molecule has 5 heteroatoms. The minimum absolute atomic E-state index is 0.0856. The molecule has 0 unspecified atom stereocenters. The van der Waals surface area contributed by atoms with Crippen LogP contribution in [0.1, 0.15) is 0 Å². The second-order valence-corrected chi connectivity index (χ2v) is 2.32. The van der Waals surface area contributed by atoms with Crippen molar-refractivity contribution in [1.29, 1.82) is 0 Å². The van der Waals surface area contributed by atoms with Gasteiger partial charge in [-0.15, -0.1) is 0 Å². The second-order valence-electron chi connectivity index (χ2n) is 2.32. The summed E-state index contributed by atoms with van der Waals surface area (Å²) in [5.74, 6) is 0. The molecule has 0 aromatic carbocycles. The van der Waals surface area contributed by atoms with Gasteiger partial charge in [-0.25, -0.2) is 0 Å². The molecule has 11 heavy (non-hydrogen) atoms. The Morgan fingerprint density at radius 3 is 2.00 bits per heavy atom. The fourth-order valence-corrected chi connectivity index (χ4v) is 0.468. The van der Waals surface area contributed by atoms with E-state index in [9.17, 15) is 0 Å². The van der Waals surface area contributed by atoms with Crippen molar-refractivity contribution in [1.82, 2.24) is 0 Å². The second kappa shape index (κ2) is 5.45. The Morgan fingerprint density at radius 2 is 1.64 bits per heavy atom. The highest BCUT2D eigenvalue weighted by Crippen LogP contribution is 2.01. The third kappa shape index (κ3) is 4.28. The highest BCUT2D eigenvalue weighted by molar-refractivity contribution is 4.75. The number of rotatable bonds is 6. The summed E-state index contributed by atoms with van der Waals surface area (Å²) in [5, 5.41) is 34.5. The molecule has 0 aliphatic rings. The van der Waals surface area contributed by atoms with Gasteiger partial charge in [-0.2, -0.15) is 0 Å². The lowest BCUT2D eigenvalue weighted by Crippen LogP contribution is -2.42. The summed E-state index contributed by atoms with van der Waals surface area (Å²) in [6.07, 6.45) is 0.